The maximum atomic E-state index is 11.0. The summed E-state index contributed by atoms with van der Waals surface area (Å²) in [6.45, 7) is 0.467. The third-order valence-electron chi connectivity index (χ3n) is 4.16. The van der Waals surface area contributed by atoms with Crippen LogP contribution in [0.3, 0.4) is 0 Å². The molecule has 0 saturated heterocycles. The van der Waals surface area contributed by atoms with Crippen LogP contribution in [0.5, 0.6) is 11.5 Å². The van der Waals surface area contributed by atoms with Crippen molar-refractivity contribution in [2.45, 2.75) is 11.5 Å². The molecule has 0 heterocycles. The molecule has 5 heteroatoms. The van der Waals surface area contributed by atoms with Gasteiger partial charge in [-0.15, -0.1) is 11.8 Å². The Hall–Kier alpha value is -3.18. The molecule has 0 amide bonds. The van der Waals surface area contributed by atoms with E-state index in [-0.39, 0.29) is 11.3 Å². The SMILES string of the molecule is CSc1ccc(OCc2ccccc2)c(C=Cc2ccc(C(=O)O)c(O)c2)c1. The number of benzene rings is 3. The number of carbonyl (C=O) groups is 1. The average molecular weight is 392 g/mol. The fourth-order valence-electron chi connectivity index (χ4n) is 2.67. The monoisotopic (exact) mass is 392 g/mol. The highest BCUT2D eigenvalue weighted by atomic mass is 32.2. The molecule has 0 fully saturated rings. The second-order valence-corrected chi connectivity index (χ2v) is 6.97. The van der Waals surface area contributed by atoms with Crippen LogP contribution in [-0.4, -0.2) is 22.4 Å². The number of hydrogen-bond acceptors (Lipinski definition) is 4. The molecule has 0 aromatic heterocycles. The molecule has 0 atom stereocenters. The number of aromatic hydroxyl groups is 1. The average Bonchev–Trinajstić information content (AvgIpc) is 2.71. The molecule has 0 radical (unpaired) electrons. The number of hydrogen-bond donors (Lipinski definition) is 2. The van der Waals surface area contributed by atoms with E-state index in [0.717, 1.165) is 21.8 Å². The summed E-state index contributed by atoms with van der Waals surface area (Å²) < 4.78 is 6.00. The Balaban J connectivity index is 1.84. The Morgan fingerprint density at radius 2 is 1.82 bits per heavy atom. The van der Waals surface area contributed by atoms with Crippen molar-refractivity contribution in [2.75, 3.05) is 6.26 Å². The van der Waals surface area contributed by atoms with Crippen molar-refractivity contribution in [1.29, 1.82) is 0 Å². The highest BCUT2D eigenvalue weighted by Crippen LogP contribution is 2.28. The topological polar surface area (TPSA) is 66.8 Å². The lowest BCUT2D eigenvalue weighted by Gasteiger charge is -2.11. The maximum absolute atomic E-state index is 11.0. The highest BCUT2D eigenvalue weighted by Gasteiger charge is 2.09. The Bertz CT molecular complexity index is 997. The summed E-state index contributed by atoms with van der Waals surface area (Å²) >= 11 is 1.64. The van der Waals surface area contributed by atoms with E-state index >= 15 is 0 Å². The van der Waals surface area contributed by atoms with Crippen molar-refractivity contribution in [3.05, 3.63) is 89.0 Å². The Labute approximate surface area is 168 Å². The van der Waals surface area contributed by atoms with Gasteiger partial charge in [-0.05, 0) is 47.7 Å². The lowest BCUT2D eigenvalue weighted by atomic mass is 10.1. The van der Waals surface area contributed by atoms with Crippen LogP contribution < -0.4 is 4.74 Å². The van der Waals surface area contributed by atoms with Crippen LogP contribution in [0, 0.1) is 0 Å². The van der Waals surface area contributed by atoms with E-state index in [2.05, 4.69) is 0 Å². The van der Waals surface area contributed by atoms with Crippen LogP contribution in [0.1, 0.15) is 27.0 Å². The summed E-state index contributed by atoms with van der Waals surface area (Å²) in [5, 5.41) is 18.9. The molecule has 0 aliphatic heterocycles. The first kappa shape index (κ1) is 19.6. The van der Waals surface area contributed by atoms with Gasteiger partial charge in [0.15, 0.2) is 0 Å². The van der Waals surface area contributed by atoms with Crippen molar-refractivity contribution in [3.63, 3.8) is 0 Å². The molecular formula is C23H20O4S. The first-order chi connectivity index (χ1) is 13.6. The molecule has 0 bridgehead atoms. The predicted molar refractivity (Wildman–Crippen MR) is 113 cm³/mol. The molecule has 28 heavy (non-hydrogen) atoms. The molecule has 4 nitrogen and oxygen atoms in total. The van der Waals surface area contributed by atoms with Crippen molar-refractivity contribution in [1.82, 2.24) is 0 Å². The normalized spacial score (nSPS) is 10.9. The summed E-state index contributed by atoms with van der Waals surface area (Å²) in [6, 6.07) is 20.4. The van der Waals surface area contributed by atoms with Gasteiger partial charge in [-0.1, -0.05) is 48.6 Å². The fourth-order valence-corrected chi connectivity index (χ4v) is 3.12. The molecule has 0 aliphatic rings. The highest BCUT2D eigenvalue weighted by molar-refractivity contribution is 7.98. The van der Waals surface area contributed by atoms with Gasteiger partial charge in [-0.25, -0.2) is 4.79 Å². The number of ether oxygens (including phenoxy) is 1. The van der Waals surface area contributed by atoms with E-state index < -0.39 is 5.97 Å². The second kappa shape index (κ2) is 9.15. The van der Waals surface area contributed by atoms with E-state index in [9.17, 15) is 9.90 Å². The first-order valence-electron chi connectivity index (χ1n) is 8.66. The predicted octanol–water partition coefficient (Wildman–Crippen LogP) is 5.56. The molecule has 0 saturated carbocycles. The number of phenols is 1. The third kappa shape index (κ3) is 4.96. The summed E-state index contributed by atoms with van der Waals surface area (Å²) in [6.07, 6.45) is 5.73. The van der Waals surface area contributed by atoms with Crippen LogP contribution in [0.15, 0.2) is 71.6 Å². The number of carboxylic acid groups (broad SMARTS) is 1. The van der Waals surface area contributed by atoms with Crippen molar-refractivity contribution < 1.29 is 19.7 Å². The van der Waals surface area contributed by atoms with Gasteiger partial charge in [-0.3, -0.25) is 0 Å². The van der Waals surface area contributed by atoms with Gasteiger partial charge >= 0.3 is 5.97 Å². The summed E-state index contributed by atoms with van der Waals surface area (Å²) in [7, 11) is 0. The molecule has 0 spiro atoms. The molecule has 2 N–H and O–H groups in total. The fraction of sp³-hybridized carbons (Fsp3) is 0.0870. The minimum atomic E-state index is -1.16. The molecule has 142 valence electrons. The largest absolute Gasteiger partial charge is 0.507 e. The molecule has 3 rings (SSSR count). The zero-order valence-electron chi connectivity index (χ0n) is 15.3. The van der Waals surface area contributed by atoms with E-state index in [1.807, 2.05) is 66.9 Å². The van der Waals surface area contributed by atoms with E-state index in [4.69, 9.17) is 9.84 Å². The summed E-state index contributed by atoms with van der Waals surface area (Å²) in [4.78, 5) is 12.1. The molecule has 3 aromatic carbocycles. The number of carboxylic acids is 1. The Morgan fingerprint density at radius 3 is 2.50 bits per heavy atom. The summed E-state index contributed by atoms with van der Waals surface area (Å²) in [5.74, 6) is -0.658. The number of aromatic carboxylic acids is 1. The molecule has 0 unspecified atom stereocenters. The Kier molecular flexibility index (Phi) is 6.40. The van der Waals surface area contributed by atoms with Gasteiger partial charge < -0.3 is 14.9 Å². The second-order valence-electron chi connectivity index (χ2n) is 6.09. The molecular weight excluding hydrogens is 372 g/mol. The Morgan fingerprint density at radius 1 is 1.04 bits per heavy atom. The number of rotatable bonds is 7. The van der Waals surface area contributed by atoms with E-state index in [1.165, 1.54) is 12.1 Å². The van der Waals surface area contributed by atoms with Gasteiger partial charge in [0.05, 0.1) is 0 Å². The van der Waals surface area contributed by atoms with Crippen molar-refractivity contribution in [3.8, 4) is 11.5 Å². The maximum Gasteiger partial charge on any atom is 0.339 e. The molecule has 3 aromatic rings. The lowest BCUT2D eigenvalue weighted by Crippen LogP contribution is -1.97. The molecule has 0 aliphatic carbocycles. The van der Waals surface area contributed by atoms with Crippen LogP contribution in [0.25, 0.3) is 12.2 Å². The standard InChI is InChI=1S/C23H20O4S/c1-28-19-10-12-22(27-15-17-5-3-2-4-6-17)18(14-19)9-7-16-8-11-20(23(25)26)21(24)13-16/h2-14,24H,15H2,1H3,(H,25,26). The van der Waals surface area contributed by atoms with Gasteiger partial charge in [0, 0.05) is 10.5 Å². The summed E-state index contributed by atoms with van der Waals surface area (Å²) in [5.41, 5.74) is 2.57. The van der Waals surface area contributed by atoms with Gasteiger partial charge in [0.1, 0.15) is 23.7 Å². The lowest BCUT2D eigenvalue weighted by molar-refractivity contribution is 0.0693. The van der Waals surface area contributed by atoms with Crippen LogP contribution in [0.4, 0.5) is 0 Å². The van der Waals surface area contributed by atoms with Crippen molar-refractivity contribution >= 4 is 29.9 Å². The smallest absolute Gasteiger partial charge is 0.339 e. The van der Waals surface area contributed by atoms with Crippen LogP contribution in [-0.2, 0) is 6.61 Å². The minimum absolute atomic E-state index is 0.117. The zero-order valence-corrected chi connectivity index (χ0v) is 16.1. The van der Waals surface area contributed by atoms with E-state index in [1.54, 1.807) is 17.8 Å². The van der Waals surface area contributed by atoms with Gasteiger partial charge in [0.2, 0.25) is 0 Å². The first-order valence-corrected chi connectivity index (χ1v) is 9.88. The van der Waals surface area contributed by atoms with Gasteiger partial charge in [-0.2, -0.15) is 0 Å². The number of thioether (sulfide) groups is 1. The third-order valence-corrected chi connectivity index (χ3v) is 4.89. The van der Waals surface area contributed by atoms with Crippen LogP contribution >= 0.6 is 11.8 Å². The van der Waals surface area contributed by atoms with Crippen LogP contribution in [0.2, 0.25) is 0 Å². The quantitative estimate of drug-likeness (QED) is 0.407. The van der Waals surface area contributed by atoms with Gasteiger partial charge in [0.25, 0.3) is 0 Å². The van der Waals surface area contributed by atoms with E-state index in [0.29, 0.717) is 12.2 Å². The van der Waals surface area contributed by atoms with Crippen molar-refractivity contribution in [2.24, 2.45) is 0 Å². The minimum Gasteiger partial charge on any atom is -0.507 e. The zero-order chi connectivity index (χ0) is 19.9.